The Hall–Kier alpha value is -2.47. The third-order valence-corrected chi connectivity index (χ3v) is 7.04. The van der Waals surface area contributed by atoms with Gasteiger partial charge in [-0.05, 0) is 69.8 Å². The summed E-state index contributed by atoms with van der Waals surface area (Å²) in [4.78, 5) is 12.3. The molecule has 2 rings (SSSR count). The zero-order valence-corrected chi connectivity index (χ0v) is 18.7. The van der Waals surface area contributed by atoms with Crippen LogP contribution in [-0.4, -0.2) is 42.4 Å². The van der Waals surface area contributed by atoms with Crippen molar-refractivity contribution in [2.45, 2.75) is 36.6 Å². The van der Waals surface area contributed by atoms with Crippen molar-refractivity contribution in [3.8, 4) is 5.75 Å². The van der Waals surface area contributed by atoms with Gasteiger partial charge in [-0.3, -0.25) is 4.79 Å². The molecule has 0 bridgehead atoms. The minimum atomic E-state index is -3.64. The fourth-order valence-corrected chi connectivity index (χ4v) is 4.46. The van der Waals surface area contributed by atoms with Gasteiger partial charge in [0.25, 0.3) is 5.91 Å². The summed E-state index contributed by atoms with van der Waals surface area (Å²) in [5.41, 5.74) is 1.03. The molecule has 0 saturated heterocycles. The maximum atomic E-state index is 12.2. The molecule has 2 aromatic rings. The van der Waals surface area contributed by atoms with Crippen LogP contribution in [0.15, 0.2) is 52.3 Å². The van der Waals surface area contributed by atoms with Gasteiger partial charge >= 0.3 is 0 Å². The zero-order chi connectivity index (χ0) is 22.5. The standard InChI is InChI=1S/C19H25N3O6S2/c1-13(2)22-30(26,27)16-9-6-15(7-10-16)28-12-19(23)21-18-11-17(8-5-14(18)3)29(24,25)20-4/h5-11,13,20,22H,12H2,1-4H3,(H,21,23). The van der Waals surface area contributed by atoms with Gasteiger partial charge in [0.2, 0.25) is 20.0 Å². The van der Waals surface area contributed by atoms with Crippen LogP contribution in [0, 0.1) is 6.92 Å². The number of anilines is 1. The van der Waals surface area contributed by atoms with E-state index in [1.165, 1.54) is 43.4 Å². The molecule has 0 aliphatic carbocycles. The van der Waals surface area contributed by atoms with E-state index in [1.807, 2.05) is 0 Å². The SMILES string of the molecule is CNS(=O)(=O)c1ccc(C)c(NC(=O)COc2ccc(S(=O)(=O)NC(C)C)cc2)c1. The third-order valence-electron chi connectivity index (χ3n) is 3.96. The molecule has 0 radical (unpaired) electrons. The van der Waals surface area contributed by atoms with E-state index in [1.54, 1.807) is 26.8 Å². The van der Waals surface area contributed by atoms with Gasteiger partial charge in [-0.25, -0.2) is 26.3 Å². The van der Waals surface area contributed by atoms with Crippen LogP contribution in [0.3, 0.4) is 0 Å². The van der Waals surface area contributed by atoms with E-state index in [2.05, 4.69) is 14.8 Å². The Kier molecular flexibility index (Phi) is 7.59. The smallest absolute Gasteiger partial charge is 0.262 e. The van der Waals surface area contributed by atoms with Crippen molar-refractivity contribution in [2.75, 3.05) is 19.0 Å². The van der Waals surface area contributed by atoms with Crippen LogP contribution < -0.4 is 19.5 Å². The molecule has 0 aromatic heterocycles. The first-order valence-corrected chi connectivity index (χ1v) is 12.0. The van der Waals surface area contributed by atoms with Crippen molar-refractivity contribution >= 4 is 31.6 Å². The highest BCUT2D eigenvalue weighted by Crippen LogP contribution is 2.20. The number of aryl methyl sites for hydroxylation is 1. The zero-order valence-electron chi connectivity index (χ0n) is 17.1. The fraction of sp³-hybridized carbons (Fsp3) is 0.316. The van der Waals surface area contributed by atoms with Gasteiger partial charge in [0, 0.05) is 11.7 Å². The molecule has 2 aromatic carbocycles. The van der Waals surface area contributed by atoms with Crippen LogP contribution in [0.4, 0.5) is 5.69 Å². The molecule has 3 N–H and O–H groups in total. The average molecular weight is 456 g/mol. The summed E-state index contributed by atoms with van der Waals surface area (Å²) in [7, 11) is -5.95. The molecule has 0 aliphatic rings. The number of hydrogen-bond donors (Lipinski definition) is 3. The topological polar surface area (TPSA) is 131 Å². The summed E-state index contributed by atoms with van der Waals surface area (Å²) in [5, 5.41) is 2.61. The lowest BCUT2D eigenvalue weighted by molar-refractivity contribution is -0.118. The number of sulfonamides is 2. The van der Waals surface area contributed by atoms with E-state index < -0.39 is 26.0 Å². The Labute approximate surface area is 176 Å². The lowest BCUT2D eigenvalue weighted by Gasteiger charge is -2.12. The van der Waals surface area contributed by atoms with Crippen LogP contribution in [-0.2, 0) is 24.8 Å². The van der Waals surface area contributed by atoms with E-state index in [4.69, 9.17) is 4.74 Å². The first kappa shape index (κ1) is 23.8. The van der Waals surface area contributed by atoms with Gasteiger partial charge in [-0.15, -0.1) is 0 Å². The van der Waals surface area contributed by atoms with Crippen molar-refractivity contribution < 1.29 is 26.4 Å². The van der Waals surface area contributed by atoms with Crippen LogP contribution >= 0.6 is 0 Å². The number of carbonyl (C=O) groups excluding carboxylic acids is 1. The number of ether oxygens (including phenoxy) is 1. The Morgan fingerprint density at radius 3 is 2.13 bits per heavy atom. The quantitative estimate of drug-likeness (QED) is 0.527. The molecule has 0 heterocycles. The number of hydrogen-bond acceptors (Lipinski definition) is 6. The van der Waals surface area contributed by atoms with Crippen LogP contribution in [0.25, 0.3) is 0 Å². The molecular weight excluding hydrogens is 430 g/mol. The largest absolute Gasteiger partial charge is 0.484 e. The Bertz CT molecular complexity index is 1110. The normalized spacial score (nSPS) is 12.0. The van der Waals surface area contributed by atoms with E-state index >= 15 is 0 Å². The van der Waals surface area contributed by atoms with Crippen molar-refractivity contribution in [3.63, 3.8) is 0 Å². The summed E-state index contributed by atoms with van der Waals surface area (Å²) in [6.45, 7) is 4.84. The van der Waals surface area contributed by atoms with Crippen molar-refractivity contribution in [2.24, 2.45) is 0 Å². The highest BCUT2D eigenvalue weighted by molar-refractivity contribution is 7.89. The maximum absolute atomic E-state index is 12.2. The lowest BCUT2D eigenvalue weighted by atomic mass is 10.2. The summed E-state index contributed by atoms with van der Waals surface area (Å²) in [6, 6.07) is 9.83. The maximum Gasteiger partial charge on any atom is 0.262 e. The van der Waals surface area contributed by atoms with Gasteiger partial charge in [-0.1, -0.05) is 6.07 Å². The van der Waals surface area contributed by atoms with Gasteiger partial charge in [0.1, 0.15) is 5.75 Å². The Morgan fingerprint density at radius 2 is 1.57 bits per heavy atom. The Morgan fingerprint density at radius 1 is 0.967 bits per heavy atom. The molecule has 11 heteroatoms. The van der Waals surface area contributed by atoms with Gasteiger partial charge in [0.15, 0.2) is 6.61 Å². The summed E-state index contributed by atoms with van der Waals surface area (Å²) in [5.74, 6) is -0.174. The molecule has 0 aliphatic heterocycles. The van der Waals surface area contributed by atoms with Crippen molar-refractivity contribution in [1.29, 1.82) is 0 Å². The van der Waals surface area contributed by atoms with Crippen LogP contribution in [0.1, 0.15) is 19.4 Å². The average Bonchev–Trinajstić information content (AvgIpc) is 2.67. The predicted molar refractivity (Wildman–Crippen MR) is 113 cm³/mol. The molecule has 9 nitrogen and oxygen atoms in total. The second-order valence-electron chi connectivity index (χ2n) is 6.77. The highest BCUT2D eigenvalue weighted by atomic mass is 32.2. The first-order valence-electron chi connectivity index (χ1n) is 9.04. The predicted octanol–water partition coefficient (Wildman–Crippen LogP) is 1.61. The molecule has 0 fully saturated rings. The van der Waals surface area contributed by atoms with Gasteiger partial charge in [0.05, 0.1) is 9.79 Å². The molecule has 30 heavy (non-hydrogen) atoms. The number of amides is 1. The van der Waals surface area contributed by atoms with Crippen LogP contribution in [0.5, 0.6) is 5.75 Å². The second-order valence-corrected chi connectivity index (χ2v) is 10.4. The molecule has 0 unspecified atom stereocenters. The molecule has 0 saturated carbocycles. The fourth-order valence-electron chi connectivity index (χ4n) is 2.45. The van der Waals surface area contributed by atoms with E-state index in [-0.39, 0.29) is 22.4 Å². The first-order chi connectivity index (χ1) is 13.9. The van der Waals surface area contributed by atoms with Crippen LogP contribution in [0.2, 0.25) is 0 Å². The highest BCUT2D eigenvalue weighted by Gasteiger charge is 2.16. The molecule has 0 spiro atoms. The third kappa shape index (κ3) is 6.26. The van der Waals surface area contributed by atoms with Gasteiger partial charge < -0.3 is 10.1 Å². The van der Waals surface area contributed by atoms with E-state index in [0.717, 1.165) is 0 Å². The second kappa shape index (κ2) is 9.56. The summed E-state index contributed by atoms with van der Waals surface area (Å²) >= 11 is 0. The molecule has 0 atom stereocenters. The number of nitrogens with one attached hydrogen (secondary N) is 3. The van der Waals surface area contributed by atoms with Gasteiger partial charge in [-0.2, -0.15) is 0 Å². The molecular formula is C19H25N3O6S2. The lowest BCUT2D eigenvalue weighted by Crippen LogP contribution is -2.30. The van der Waals surface area contributed by atoms with Crippen molar-refractivity contribution in [3.05, 3.63) is 48.0 Å². The Balaban J connectivity index is 2.03. The molecule has 1 amide bonds. The van der Waals surface area contributed by atoms with E-state index in [9.17, 15) is 21.6 Å². The monoisotopic (exact) mass is 455 g/mol. The summed E-state index contributed by atoms with van der Waals surface area (Å²) in [6.07, 6.45) is 0. The summed E-state index contributed by atoms with van der Waals surface area (Å²) < 4.78 is 58.2. The van der Waals surface area contributed by atoms with E-state index in [0.29, 0.717) is 17.0 Å². The minimum Gasteiger partial charge on any atom is -0.484 e. The molecule has 164 valence electrons. The minimum absolute atomic E-state index is 0.0265. The number of rotatable bonds is 9. The number of carbonyl (C=O) groups is 1. The van der Waals surface area contributed by atoms with Crippen molar-refractivity contribution in [1.82, 2.24) is 9.44 Å². The number of benzene rings is 2.